The van der Waals surface area contributed by atoms with Gasteiger partial charge in [-0.1, -0.05) is 0 Å². The lowest BCUT2D eigenvalue weighted by Crippen LogP contribution is -2.49. The van der Waals surface area contributed by atoms with E-state index in [0.29, 0.717) is 38.9 Å². The molecule has 0 bridgehead atoms. The molecule has 20 heavy (non-hydrogen) atoms. The van der Waals surface area contributed by atoms with Crippen molar-refractivity contribution in [1.82, 2.24) is 9.03 Å². The minimum Gasteiger partial charge on any atom is -0.452 e. The average molecular weight is 308 g/mol. The number of nitrogens with zero attached hydrogens (tertiary/aromatic N) is 1. The Morgan fingerprint density at radius 2 is 1.85 bits per heavy atom. The van der Waals surface area contributed by atoms with E-state index in [0.717, 1.165) is 7.11 Å². The van der Waals surface area contributed by atoms with E-state index in [1.54, 1.807) is 0 Å². The van der Waals surface area contributed by atoms with Crippen LogP contribution in [0.2, 0.25) is 0 Å². The summed E-state index contributed by atoms with van der Waals surface area (Å²) in [7, 11) is -1.32. The second kappa shape index (κ2) is 5.84. The van der Waals surface area contributed by atoms with Crippen LogP contribution >= 0.6 is 0 Å². The Morgan fingerprint density at radius 3 is 2.35 bits per heavy atom. The zero-order valence-electron chi connectivity index (χ0n) is 11.6. The highest BCUT2D eigenvalue weighted by molar-refractivity contribution is 7.87. The Balaban J connectivity index is 1.94. The standard InChI is InChI=1S/C11H20N2O6S/c1-13(20(15,16)12-10(14)17-2)9-3-5-11(6-4-9)18-7-8-19-11/h9H,3-8H2,1-2H3,(H,12,14). The third kappa shape index (κ3) is 3.22. The molecule has 116 valence electrons. The van der Waals surface area contributed by atoms with Gasteiger partial charge in [0.15, 0.2) is 5.79 Å². The van der Waals surface area contributed by atoms with E-state index in [-0.39, 0.29) is 6.04 Å². The van der Waals surface area contributed by atoms with Crippen LogP contribution in [0.4, 0.5) is 4.79 Å². The summed E-state index contributed by atoms with van der Waals surface area (Å²) in [6, 6.07) is -0.185. The lowest BCUT2D eigenvalue weighted by molar-refractivity contribution is -0.181. The average Bonchev–Trinajstić information content (AvgIpc) is 2.86. The lowest BCUT2D eigenvalue weighted by atomic mass is 9.90. The summed E-state index contributed by atoms with van der Waals surface area (Å²) in [4.78, 5) is 11.0. The Bertz CT molecular complexity index is 450. The molecule has 0 unspecified atom stereocenters. The molecule has 0 aromatic heterocycles. The van der Waals surface area contributed by atoms with Gasteiger partial charge in [0.1, 0.15) is 0 Å². The van der Waals surface area contributed by atoms with Crippen molar-refractivity contribution in [1.29, 1.82) is 0 Å². The van der Waals surface area contributed by atoms with E-state index in [1.165, 1.54) is 11.4 Å². The Hall–Kier alpha value is -0.900. The molecule has 0 radical (unpaired) electrons. The van der Waals surface area contributed by atoms with Gasteiger partial charge in [0.05, 0.1) is 20.3 Å². The van der Waals surface area contributed by atoms with Gasteiger partial charge < -0.3 is 14.2 Å². The van der Waals surface area contributed by atoms with Crippen molar-refractivity contribution < 1.29 is 27.4 Å². The summed E-state index contributed by atoms with van der Waals surface area (Å²) in [5, 5.41) is 0. The maximum atomic E-state index is 12.0. The maximum absolute atomic E-state index is 12.0. The Kier molecular flexibility index (Phi) is 4.52. The molecule has 0 aromatic rings. The van der Waals surface area contributed by atoms with Crippen molar-refractivity contribution in [3.63, 3.8) is 0 Å². The largest absolute Gasteiger partial charge is 0.452 e. The predicted molar refractivity (Wildman–Crippen MR) is 69.1 cm³/mol. The summed E-state index contributed by atoms with van der Waals surface area (Å²) in [5.41, 5.74) is 0. The number of carbonyl (C=O) groups excluding carboxylic acids is 1. The number of hydrogen-bond acceptors (Lipinski definition) is 6. The molecule has 2 fully saturated rings. The molecule has 8 nitrogen and oxygen atoms in total. The van der Waals surface area contributed by atoms with Crippen LogP contribution < -0.4 is 4.72 Å². The molecule has 0 aromatic carbocycles. The summed E-state index contributed by atoms with van der Waals surface area (Å²) in [5.74, 6) is -0.531. The fraction of sp³-hybridized carbons (Fsp3) is 0.909. The van der Waals surface area contributed by atoms with Gasteiger partial charge in [0, 0.05) is 25.9 Å². The molecule has 1 saturated carbocycles. The first kappa shape index (κ1) is 15.5. The third-order valence-corrected chi connectivity index (χ3v) is 5.30. The van der Waals surface area contributed by atoms with Gasteiger partial charge in [-0.05, 0) is 12.8 Å². The van der Waals surface area contributed by atoms with Crippen LogP contribution in [0.5, 0.6) is 0 Å². The number of hydrogen-bond donors (Lipinski definition) is 1. The Morgan fingerprint density at radius 1 is 1.30 bits per heavy atom. The summed E-state index contributed by atoms with van der Waals surface area (Å²) in [6.07, 6.45) is 1.55. The summed E-state index contributed by atoms with van der Waals surface area (Å²) in [6.45, 7) is 1.17. The van der Waals surface area contributed by atoms with Crippen molar-refractivity contribution in [2.45, 2.75) is 37.5 Å². The van der Waals surface area contributed by atoms with Crippen LogP contribution in [0.1, 0.15) is 25.7 Å². The quantitative estimate of drug-likeness (QED) is 0.800. The number of nitrogens with one attached hydrogen (secondary N) is 1. The van der Waals surface area contributed by atoms with E-state index in [1.807, 2.05) is 4.72 Å². The molecule has 1 amide bonds. The first-order valence-corrected chi connectivity index (χ1v) is 7.94. The normalized spacial score (nSPS) is 23.1. The monoisotopic (exact) mass is 308 g/mol. The second-order valence-electron chi connectivity index (χ2n) is 4.95. The molecule has 2 aliphatic rings. The molecule has 1 N–H and O–H groups in total. The van der Waals surface area contributed by atoms with Crippen LogP contribution in [0.15, 0.2) is 0 Å². The van der Waals surface area contributed by atoms with Crippen molar-refractivity contribution in [3.05, 3.63) is 0 Å². The third-order valence-electron chi connectivity index (χ3n) is 3.82. The first-order valence-electron chi connectivity index (χ1n) is 6.50. The fourth-order valence-corrected chi connectivity index (χ4v) is 3.65. The second-order valence-corrected chi connectivity index (χ2v) is 6.68. The molecule has 1 aliphatic carbocycles. The zero-order chi connectivity index (χ0) is 14.8. The maximum Gasteiger partial charge on any atom is 0.421 e. The minimum absolute atomic E-state index is 0.185. The van der Waals surface area contributed by atoms with Crippen molar-refractivity contribution in [3.8, 4) is 0 Å². The smallest absolute Gasteiger partial charge is 0.421 e. The fourth-order valence-electron chi connectivity index (χ4n) is 2.61. The van der Waals surface area contributed by atoms with Gasteiger partial charge in [-0.3, -0.25) is 0 Å². The van der Waals surface area contributed by atoms with Crippen LogP contribution in [0.25, 0.3) is 0 Å². The van der Waals surface area contributed by atoms with Gasteiger partial charge in [0.25, 0.3) is 0 Å². The number of methoxy groups -OCH3 is 1. The summed E-state index contributed by atoms with van der Waals surface area (Å²) >= 11 is 0. The lowest BCUT2D eigenvalue weighted by Gasteiger charge is -2.38. The molecule has 1 heterocycles. The van der Waals surface area contributed by atoms with Crippen molar-refractivity contribution >= 4 is 16.3 Å². The minimum atomic E-state index is -3.88. The molecule has 0 atom stereocenters. The van der Waals surface area contributed by atoms with E-state index < -0.39 is 22.1 Å². The van der Waals surface area contributed by atoms with Gasteiger partial charge in [-0.2, -0.15) is 12.7 Å². The summed E-state index contributed by atoms with van der Waals surface area (Å²) < 4.78 is 42.4. The van der Waals surface area contributed by atoms with Gasteiger partial charge in [-0.15, -0.1) is 0 Å². The number of ether oxygens (including phenoxy) is 3. The predicted octanol–water partition coefficient (Wildman–Crippen LogP) is 0.205. The highest BCUT2D eigenvalue weighted by Crippen LogP contribution is 2.37. The molecular weight excluding hydrogens is 288 g/mol. The van der Waals surface area contributed by atoms with Crippen LogP contribution in [-0.4, -0.2) is 58.0 Å². The number of rotatable bonds is 3. The van der Waals surface area contributed by atoms with E-state index in [4.69, 9.17) is 9.47 Å². The molecule has 1 saturated heterocycles. The molecule has 1 aliphatic heterocycles. The van der Waals surface area contributed by atoms with E-state index >= 15 is 0 Å². The zero-order valence-corrected chi connectivity index (χ0v) is 12.4. The number of carbonyl (C=O) groups is 1. The highest BCUT2D eigenvalue weighted by atomic mass is 32.2. The van der Waals surface area contributed by atoms with E-state index in [2.05, 4.69) is 4.74 Å². The first-order chi connectivity index (χ1) is 9.38. The van der Waals surface area contributed by atoms with Gasteiger partial charge in [-0.25, -0.2) is 9.52 Å². The molecule has 9 heteroatoms. The van der Waals surface area contributed by atoms with Crippen LogP contribution in [0.3, 0.4) is 0 Å². The van der Waals surface area contributed by atoms with Gasteiger partial charge >= 0.3 is 16.3 Å². The van der Waals surface area contributed by atoms with Crippen molar-refractivity contribution in [2.24, 2.45) is 0 Å². The van der Waals surface area contributed by atoms with Crippen molar-refractivity contribution in [2.75, 3.05) is 27.4 Å². The van der Waals surface area contributed by atoms with Crippen LogP contribution in [0, 0.1) is 0 Å². The molecule has 2 rings (SSSR count). The topological polar surface area (TPSA) is 94.2 Å². The number of amides is 1. The highest BCUT2D eigenvalue weighted by Gasteiger charge is 2.42. The Labute approximate surface area is 118 Å². The SMILES string of the molecule is COC(=O)NS(=O)(=O)N(C)C1CCC2(CC1)OCCO2. The van der Waals surface area contributed by atoms with Crippen LogP contribution in [-0.2, 0) is 24.4 Å². The van der Waals surface area contributed by atoms with Gasteiger partial charge in [0.2, 0.25) is 0 Å². The molecular formula is C11H20N2O6S. The van der Waals surface area contributed by atoms with E-state index in [9.17, 15) is 13.2 Å². The molecule has 1 spiro atoms.